The lowest BCUT2D eigenvalue weighted by molar-refractivity contribution is -0.118. The van der Waals surface area contributed by atoms with E-state index in [4.69, 9.17) is 27.9 Å². The zero-order valence-corrected chi connectivity index (χ0v) is 23.7. The molecule has 4 rings (SSSR count). The van der Waals surface area contributed by atoms with Gasteiger partial charge in [0.25, 0.3) is 11.5 Å². The van der Waals surface area contributed by atoms with Gasteiger partial charge in [0.2, 0.25) is 0 Å². The first-order valence-electron chi connectivity index (χ1n) is 11.4. The highest BCUT2D eigenvalue weighted by Gasteiger charge is 2.23. The van der Waals surface area contributed by atoms with Crippen LogP contribution in [0.1, 0.15) is 32.2 Å². The van der Waals surface area contributed by atoms with Crippen LogP contribution in [0.2, 0.25) is 10.0 Å². The molecule has 3 aromatic carbocycles. The lowest BCUT2D eigenvalue weighted by Crippen LogP contribution is -2.29. The molecule has 196 valence electrons. The Bertz CT molecular complexity index is 1610. The summed E-state index contributed by atoms with van der Waals surface area (Å²) in [7, 11) is 0. The standard InChI is InChI=1S/C27H22BrCl2FN4O3/c1-27(2,3)26-34-22-8-7-16(28)11-19(22)25(37)35(26)32-13-15-9-20(29)24(21(30)10-15)38-14-23(36)33-18-6-4-5-17(31)12-18/h4-13H,14H2,1-3H3,(H,33,36). The monoisotopic (exact) mass is 618 g/mol. The highest BCUT2D eigenvalue weighted by molar-refractivity contribution is 9.10. The van der Waals surface area contributed by atoms with Crippen molar-refractivity contribution >= 4 is 67.8 Å². The molecular weight excluding hydrogens is 598 g/mol. The molecule has 0 saturated heterocycles. The maximum Gasteiger partial charge on any atom is 0.282 e. The molecule has 0 fully saturated rings. The molecule has 0 radical (unpaired) electrons. The Labute approximate surface area is 236 Å². The highest BCUT2D eigenvalue weighted by Crippen LogP contribution is 2.34. The molecule has 0 aliphatic heterocycles. The quantitative estimate of drug-likeness (QED) is 0.241. The number of rotatable bonds is 6. The van der Waals surface area contributed by atoms with Crippen molar-refractivity contribution in [2.24, 2.45) is 5.10 Å². The van der Waals surface area contributed by atoms with Gasteiger partial charge in [-0.2, -0.15) is 9.78 Å². The minimum Gasteiger partial charge on any atom is -0.481 e. The number of carbonyl (C=O) groups is 1. The number of ether oxygens (including phenoxy) is 1. The predicted molar refractivity (Wildman–Crippen MR) is 152 cm³/mol. The molecule has 38 heavy (non-hydrogen) atoms. The molecule has 1 N–H and O–H groups in total. The summed E-state index contributed by atoms with van der Waals surface area (Å²) in [5, 5.41) is 7.64. The summed E-state index contributed by atoms with van der Waals surface area (Å²) in [6, 6.07) is 13.9. The summed E-state index contributed by atoms with van der Waals surface area (Å²) in [5.41, 5.74) is 0.569. The van der Waals surface area contributed by atoms with Crippen molar-refractivity contribution in [3.63, 3.8) is 0 Å². The SMILES string of the molecule is CC(C)(C)c1nc2ccc(Br)cc2c(=O)n1N=Cc1cc(Cl)c(OCC(=O)Nc2cccc(F)c2)c(Cl)c1. The summed E-state index contributed by atoms with van der Waals surface area (Å²) in [6.45, 7) is 5.42. The molecule has 1 aromatic heterocycles. The third kappa shape index (κ3) is 6.40. The van der Waals surface area contributed by atoms with Crippen LogP contribution >= 0.6 is 39.1 Å². The van der Waals surface area contributed by atoms with Crippen LogP contribution in [0.15, 0.2) is 69.0 Å². The second kappa shape index (κ2) is 11.2. The lowest BCUT2D eigenvalue weighted by atomic mass is 9.95. The first-order valence-corrected chi connectivity index (χ1v) is 12.9. The Balaban J connectivity index is 1.58. The van der Waals surface area contributed by atoms with Gasteiger partial charge in [0.1, 0.15) is 11.6 Å². The van der Waals surface area contributed by atoms with E-state index in [1.807, 2.05) is 26.8 Å². The molecule has 4 aromatic rings. The fraction of sp³-hybridized carbons (Fsp3) is 0.185. The number of aromatic nitrogens is 2. The van der Waals surface area contributed by atoms with Gasteiger partial charge in [-0.05, 0) is 54.1 Å². The molecule has 0 spiro atoms. The average molecular weight is 620 g/mol. The smallest absolute Gasteiger partial charge is 0.282 e. The van der Waals surface area contributed by atoms with Gasteiger partial charge >= 0.3 is 0 Å². The van der Waals surface area contributed by atoms with Crippen molar-refractivity contribution in [1.82, 2.24) is 9.66 Å². The Kier molecular flexibility index (Phi) is 8.20. The third-order valence-corrected chi connectivity index (χ3v) is 6.33. The minimum absolute atomic E-state index is 0.102. The number of amides is 1. The normalized spacial score (nSPS) is 11.8. The largest absolute Gasteiger partial charge is 0.481 e. The molecule has 0 aliphatic rings. The maximum atomic E-state index is 13.3. The number of nitrogens with one attached hydrogen (secondary N) is 1. The van der Waals surface area contributed by atoms with E-state index in [2.05, 4.69) is 31.3 Å². The average Bonchev–Trinajstić information content (AvgIpc) is 2.82. The Morgan fingerprint density at radius 2 is 1.87 bits per heavy atom. The fourth-order valence-corrected chi connectivity index (χ4v) is 4.53. The van der Waals surface area contributed by atoms with Gasteiger partial charge in [0, 0.05) is 15.6 Å². The van der Waals surface area contributed by atoms with E-state index in [-0.39, 0.29) is 21.4 Å². The number of nitrogens with zero attached hydrogens (tertiary/aromatic N) is 3. The maximum absolute atomic E-state index is 13.3. The molecular formula is C27H22BrCl2FN4O3. The highest BCUT2D eigenvalue weighted by atomic mass is 79.9. The molecule has 11 heteroatoms. The van der Waals surface area contributed by atoms with Crippen molar-refractivity contribution < 1.29 is 13.9 Å². The predicted octanol–water partition coefficient (Wildman–Crippen LogP) is 6.80. The Morgan fingerprint density at radius 3 is 2.53 bits per heavy atom. The van der Waals surface area contributed by atoms with Crippen molar-refractivity contribution in [2.45, 2.75) is 26.2 Å². The summed E-state index contributed by atoms with van der Waals surface area (Å²) in [4.78, 5) is 30.2. The van der Waals surface area contributed by atoms with Crippen LogP contribution in [0.4, 0.5) is 10.1 Å². The van der Waals surface area contributed by atoms with Crippen molar-refractivity contribution in [3.8, 4) is 5.75 Å². The van der Waals surface area contributed by atoms with Gasteiger partial charge in [-0.3, -0.25) is 9.59 Å². The minimum atomic E-state index is -0.516. The molecule has 0 atom stereocenters. The van der Waals surface area contributed by atoms with Gasteiger partial charge in [-0.15, -0.1) is 0 Å². The van der Waals surface area contributed by atoms with Gasteiger partial charge < -0.3 is 10.1 Å². The molecule has 1 amide bonds. The summed E-state index contributed by atoms with van der Waals surface area (Å²) < 4.78 is 20.8. The van der Waals surface area contributed by atoms with E-state index in [1.54, 1.807) is 30.3 Å². The van der Waals surface area contributed by atoms with Crippen LogP contribution in [0.5, 0.6) is 5.75 Å². The van der Waals surface area contributed by atoms with Crippen LogP contribution in [0.3, 0.4) is 0 Å². The van der Waals surface area contributed by atoms with Gasteiger partial charge in [-0.1, -0.05) is 66.0 Å². The van der Waals surface area contributed by atoms with Crippen LogP contribution in [-0.2, 0) is 10.2 Å². The zero-order valence-electron chi connectivity index (χ0n) is 20.6. The van der Waals surface area contributed by atoms with Crippen molar-refractivity contribution in [2.75, 3.05) is 11.9 Å². The molecule has 0 aliphatic carbocycles. The number of carbonyl (C=O) groups excluding carboxylic acids is 1. The number of fused-ring (bicyclic) bond motifs is 1. The van der Waals surface area contributed by atoms with Crippen molar-refractivity contribution in [3.05, 3.63) is 96.7 Å². The van der Waals surface area contributed by atoms with Gasteiger partial charge in [0.15, 0.2) is 12.4 Å². The van der Waals surface area contributed by atoms with Crippen molar-refractivity contribution in [1.29, 1.82) is 0 Å². The zero-order chi connectivity index (χ0) is 27.6. The Morgan fingerprint density at radius 1 is 1.16 bits per heavy atom. The number of hydrogen-bond acceptors (Lipinski definition) is 5. The van der Waals surface area contributed by atoms with E-state index in [0.29, 0.717) is 28.0 Å². The topological polar surface area (TPSA) is 85.6 Å². The van der Waals surface area contributed by atoms with Gasteiger partial charge in [0.05, 0.1) is 27.2 Å². The second-order valence-corrected chi connectivity index (χ2v) is 11.1. The first kappa shape index (κ1) is 27.8. The number of hydrogen-bond donors (Lipinski definition) is 1. The summed E-state index contributed by atoms with van der Waals surface area (Å²) in [6.07, 6.45) is 1.44. The molecule has 0 saturated carbocycles. The second-order valence-electron chi connectivity index (χ2n) is 9.37. The molecule has 0 unspecified atom stereocenters. The molecule has 0 bridgehead atoms. The van der Waals surface area contributed by atoms with E-state index in [9.17, 15) is 14.0 Å². The molecule has 1 heterocycles. The van der Waals surface area contributed by atoms with E-state index in [1.165, 1.54) is 29.1 Å². The summed E-state index contributed by atoms with van der Waals surface area (Å²) >= 11 is 16.1. The van der Waals surface area contributed by atoms with E-state index in [0.717, 1.165) is 4.47 Å². The first-order chi connectivity index (χ1) is 17.9. The van der Waals surface area contributed by atoms with Crippen LogP contribution < -0.4 is 15.6 Å². The number of halogens is 4. The molecule has 7 nitrogen and oxygen atoms in total. The number of anilines is 1. The number of benzene rings is 3. The van der Waals surface area contributed by atoms with E-state index >= 15 is 0 Å². The third-order valence-electron chi connectivity index (χ3n) is 5.28. The summed E-state index contributed by atoms with van der Waals surface area (Å²) in [5.74, 6) is -0.408. The Hall–Kier alpha value is -3.27. The van der Waals surface area contributed by atoms with Crippen LogP contribution in [0, 0.1) is 5.82 Å². The van der Waals surface area contributed by atoms with Gasteiger partial charge in [-0.25, -0.2) is 9.37 Å². The van der Waals surface area contributed by atoms with E-state index < -0.39 is 23.7 Å². The van der Waals surface area contributed by atoms with Crippen LogP contribution in [0.25, 0.3) is 10.9 Å². The fourth-order valence-electron chi connectivity index (χ4n) is 3.56. The van der Waals surface area contributed by atoms with Crippen LogP contribution in [-0.4, -0.2) is 28.4 Å². The lowest BCUT2D eigenvalue weighted by Gasteiger charge is -2.20.